The molecular formula is C15H24ClFN2O4S. The number of halogens is 2. The van der Waals surface area contributed by atoms with E-state index in [1.807, 2.05) is 0 Å². The molecule has 24 heavy (non-hydrogen) atoms. The van der Waals surface area contributed by atoms with E-state index in [4.69, 9.17) is 15.2 Å². The minimum atomic E-state index is -3.95. The third kappa shape index (κ3) is 4.11. The average Bonchev–Trinajstić information content (AvgIpc) is 2.55. The second-order valence-electron chi connectivity index (χ2n) is 5.48. The van der Waals surface area contributed by atoms with Crippen LogP contribution >= 0.6 is 12.4 Å². The smallest absolute Gasteiger partial charge is 0.246 e. The molecular weight excluding hydrogens is 359 g/mol. The quantitative estimate of drug-likeness (QED) is 0.815. The van der Waals surface area contributed by atoms with Crippen molar-refractivity contribution in [3.05, 3.63) is 17.9 Å². The van der Waals surface area contributed by atoms with Crippen molar-refractivity contribution in [3.8, 4) is 11.5 Å². The van der Waals surface area contributed by atoms with Gasteiger partial charge in [0.25, 0.3) is 0 Å². The summed E-state index contributed by atoms with van der Waals surface area (Å²) in [5.41, 5.74) is 5.58. The molecule has 1 aliphatic rings. The van der Waals surface area contributed by atoms with Gasteiger partial charge in [0.1, 0.15) is 10.7 Å². The number of ether oxygens (including phenoxy) is 2. The van der Waals surface area contributed by atoms with Gasteiger partial charge < -0.3 is 15.2 Å². The van der Waals surface area contributed by atoms with Gasteiger partial charge in [-0.2, -0.15) is 4.31 Å². The van der Waals surface area contributed by atoms with Crippen LogP contribution in [-0.2, 0) is 10.0 Å². The van der Waals surface area contributed by atoms with E-state index in [0.29, 0.717) is 19.5 Å². The number of rotatable bonds is 6. The molecule has 1 heterocycles. The Labute approximate surface area is 148 Å². The predicted octanol–water partition coefficient (Wildman–Crippen LogP) is 2.16. The Kier molecular flexibility index (Phi) is 7.72. The summed E-state index contributed by atoms with van der Waals surface area (Å²) in [4.78, 5) is -0.390. The topological polar surface area (TPSA) is 81.9 Å². The molecule has 1 aliphatic heterocycles. The second kappa shape index (κ2) is 8.84. The Morgan fingerprint density at radius 3 is 2.46 bits per heavy atom. The molecule has 2 N–H and O–H groups in total. The van der Waals surface area contributed by atoms with Crippen molar-refractivity contribution in [3.63, 3.8) is 0 Å². The zero-order valence-corrected chi connectivity index (χ0v) is 15.5. The largest absolute Gasteiger partial charge is 0.493 e. The molecule has 9 heteroatoms. The van der Waals surface area contributed by atoms with E-state index >= 15 is 0 Å². The molecule has 0 radical (unpaired) electrons. The lowest BCUT2D eigenvalue weighted by molar-refractivity contribution is 0.242. The van der Waals surface area contributed by atoms with Gasteiger partial charge in [0.05, 0.1) is 14.2 Å². The lowest BCUT2D eigenvalue weighted by Gasteiger charge is -2.34. The van der Waals surface area contributed by atoms with Gasteiger partial charge in [0.15, 0.2) is 11.5 Å². The van der Waals surface area contributed by atoms with Gasteiger partial charge in [0.2, 0.25) is 10.0 Å². The van der Waals surface area contributed by atoms with Crippen LogP contribution in [0.5, 0.6) is 11.5 Å². The van der Waals surface area contributed by atoms with Crippen LogP contribution in [0.2, 0.25) is 0 Å². The molecule has 1 fully saturated rings. The Morgan fingerprint density at radius 1 is 1.25 bits per heavy atom. The van der Waals surface area contributed by atoms with Crippen molar-refractivity contribution in [2.75, 3.05) is 27.3 Å². The predicted molar refractivity (Wildman–Crippen MR) is 92.0 cm³/mol. The highest BCUT2D eigenvalue weighted by molar-refractivity contribution is 7.89. The normalized spacial score (nSPS) is 18.8. The Hall–Kier alpha value is -1.09. The zero-order chi connectivity index (χ0) is 17.0. The minimum absolute atomic E-state index is 0. The molecule has 0 aromatic heterocycles. The zero-order valence-electron chi connectivity index (χ0n) is 13.8. The number of nitrogens with zero attached hydrogens (tertiary/aromatic N) is 1. The van der Waals surface area contributed by atoms with Gasteiger partial charge >= 0.3 is 0 Å². The number of methoxy groups -OCH3 is 2. The van der Waals surface area contributed by atoms with Crippen molar-refractivity contribution in [2.45, 2.75) is 36.6 Å². The van der Waals surface area contributed by atoms with Crippen LogP contribution in [0.25, 0.3) is 0 Å². The third-order valence-corrected chi connectivity index (χ3v) is 6.06. The fraction of sp³-hybridized carbons (Fsp3) is 0.600. The molecule has 1 aromatic carbocycles. The molecule has 6 nitrogen and oxygen atoms in total. The number of piperidine rings is 1. The highest BCUT2D eigenvalue weighted by Crippen LogP contribution is 2.35. The van der Waals surface area contributed by atoms with Crippen LogP contribution in [0.4, 0.5) is 4.39 Å². The summed E-state index contributed by atoms with van der Waals surface area (Å²) >= 11 is 0. The Balaban J connectivity index is 0.00000288. The number of hydrogen-bond acceptors (Lipinski definition) is 5. The average molecular weight is 383 g/mol. The monoisotopic (exact) mass is 382 g/mol. The van der Waals surface area contributed by atoms with Crippen molar-refractivity contribution < 1.29 is 22.3 Å². The highest BCUT2D eigenvalue weighted by Gasteiger charge is 2.35. The Morgan fingerprint density at radius 2 is 1.88 bits per heavy atom. The lowest BCUT2D eigenvalue weighted by Crippen LogP contribution is -2.44. The van der Waals surface area contributed by atoms with Gasteiger partial charge in [-0.15, -0.1) is 12.4 Å². The maximum atomic E-state index is 14.4. The molecule has 1 saturated heterocycles. The molecule has 1 unspecified atom stereocenters. The third-order valence-electron chi connectivity index (χ3n) is 4.10. The summed E-state index contributed by atoms with van der Waals surface area (Å²) in [6, 6.07) is 2.02. The van der Waals surface area contributed by atoms with E-state index in [1.54, 1.807) is 0 Å². The van der Waals surface area contributed by atoms with Crippen LogP contribution in [0, 0.1) is 5.82 Å². The minimum Gasteiger partial charge on any atom is -0.493 e. The summed E-state index contributed by atoms with van der Waals surface area (Å²) in [5.74, 6) is -0.513. The molecule has 2 rings (SSSR count). The summed E-state index contributed by atoms with van der Waals surface area (Å²) in [6.07, 6.45) is 3.01. The molecule has 0 spiro atoms. The van der Waals surface area contributed by atoms with E-state index in [9.17, 15) is 12.8 Å². The van der Waals surface area contributed by atoms with Crippen LogP contribution in [0.3, 0.4) is 0 Å². The van der Waals surface area contributed by atoms with Gasteiger partial charge in [0, 0.05) is 24.7 Å². The molecule has 0 amide bonds. The Bertz CT molecular complexity index is 655. The summed E-state index contributed by atoms with van der Waals surface area (Å²) in [7, 11) is -1.21. The molecule has 138 valence electrons. The number of benzene rings is 1. The molecule has 0 saturated carbocycles. The van der Waals surface area contributed by atoms with E-state index < -0.39 is 15.8 Å². The fourth-order valence-corrected chi connectivity index (χ4v) is 4.72. The first kappa shape index (κ1) is 21.0. The highest BCUT2D eigenvalue weighted by atomic mass is 35.5. The summed E-state index contributed by atoms with van der Waals surface area (Å²) < 4.78 is 51.6. The van der Waals surface area contributed by atoms with E-state index in [2.05, 4.69) is 0 Å². The van der Waals surface area contributed by atoms with Crippen molar-refractivity contribution in [2.24, 2.45) is 5.73 Å². The maximum absolute atomic E-state index is 14.4. The van der Waals surface area contributed by atoms with Crippen molar-refractivity contribution in [1.29, 1.82) is 0 Å². The lowest BCUT2D eigenvalue weighted by atomic mass is 10.0. The summed E-state index contributed by atoms with van der Waals surface area (Å²) in [6.45, 7) is 0.770. The fourth-order valence-electron chi connectivity index (χ4n) is 2.93. The van der Waals surface area contributed by atoms with Crippen LogP contribution < -0.4 is 15.2 Å². The number of nitrogens with two attached hydrogens (primary N) is 1. The maximum Gasteiger partial charge on any atom is 0.246 e. The first-order valence-electron chi connectivity index (χ1n) is 7.59. The van der Waals surface area contributed by atoms with Crippen molar-refractivity contribution >= 4 is 22.4 Å². The first-order chi connectivity index (χ1) is 11.0. The van der Waals surface area contributed by atoms with Gasteiger partial charge in [-0.3, -0.25) is 0 Å². The van der Waals surface area contributed by atoms with Crippen LogP contribution in [-0.4, -0.2) is 46.1 Å². The van der Waals surface area contributed by atoms with Gasteiger partial charge in [-0.1, -0.05) is 6.42 Å². The molecule has 0 bridgehead atoms. The molecule has 1 aromatic rings. The van der Waals surface area contributed by atoms with Gasteiger partial charge in [-0.05, 0) is 25.8 Å². The number of sulfonamides is 1. The molecule has 0 aliphatic carbocycles. The van der Waals surface area contributed by atoms with E-state index in [1.165, 1.54) is 24.6 Å². The van der Waals surface area contributed by atoms with Crippen molar-refractivity contribution in [1.82, 2.24) is 4.31 Å². The van der Waals surface area contributed by atoms with E-state index in [0.717, 1.165) is 25.3 Å². The molecule has 1 atom stereocenters. The van der Waals surface area contributed by atoms with Crippen LogP contribution in [0.1, 0.15) is 25.7 Å². The standard InChI is InChI=1S/C15H23FN2O4S.ClH/c1-21-13-9-12(16)15(10-14(13)22-2)23(19,20)18-8-4-3-5-11(18)6-7-17;/h9-11H,3-8,17H2,1-2H3;1H. The van der Waals surface area contributed by atoms with Crippen LogP contribution in [0.15, 0.2) is 17.0 Å². The SMILES string of the molecule is COc1cc(F)c(S(=O)(=O)N2CCCCC2CCN)cc1OC.Cl. The first-order valence-corrected chi connectivity index (χ1v) is 9.03. The van der Waals surface area contributed by atoms with Gasteiger partial charge in [-0.25, -0.2) is 12.8 Å². The second-order valence-corrected chi connectivity index (χ2v) is 7.34. The summed E-state index contributed by atoms with van der Waals surface area (Å²) in [5, 5.41) is 0. The van der Waals surface area contributed by atoms with E-state index in [-0.39, 0.29) is 34.8 Å². The number of hydrogen-bond donors (Lipinski definition) is 1.